The maximum atomic E-state index is 11.9. The van der Waals surface area contributed by atoms with Crippen molar-refractivity contribution in [3.05, 3.63) is 58.6 Å². The van der Waals surface area contributed by atoms with Crippen LogP contribution in [0, 0.1) is 0 Å². The first kappa shape index (κ1) is 17.8. The molecular weight excluding hydrogens is 334 g/mol. The Morgan fingerprint density at radius 1 is 1.17 bits per heavy atom. The van der Waals surface area contributed by atoms with Crippen molar-refractivity contribution in [2.24, 2.45) is 0 Å². The summed E-state index contributed by atoms with van der Waals surface area (Å²) in [6.45, 7) is -0.560. The third-order valence-corrected chi connectivity index (χ3v) is 3.38. The first-order valence-corrected chi connectivity index (χ1v) is 7.41. The van der Waals surface area contributed by atoms with Gasteiger partial charge in [-0.1, -0.05) is 23.7 Å². The summed E-state index contributed by atoms with van der Waals surface area (Å²) in [5, 5.41) is 12.0. The van der Waals surface area contributed by atoms with E-state index in [9.17, 15) is 9.59 Å². The number of hydrogen-bond donors (Lipinski definition) is 2. The Morgan fingerprint density at radius 3 is 2.50 bits per heavy atom. The van der Waals surface area contributed by atoms with Crippen LogP contribution in [0.15, 0.2) is 42.5 Å². The molecule has 6 nitrogen and oxygen atoms in total. The Labute approximate surface area is 144 Å². The lowest BCUT2D eigenvalue weighted by atomic mass is 10.1. The molecule has 0 fully saturated rings. The Kier molecular flexibility index (Phi) is 6.17. The van der Waals surface area contributed by atoms with Crippen LogP contribution in [0.2, 0.25) is 5.02 Å². The van der Waals surface area contributed by atoms with E-state index in [1.165, 1.54) is 25.3 Å². The predicted octanol–water partition coefficient (Wildman–Crippen LogP) is 2.64. The zero-order valence-corrected chi connectivity index (χ0v) is 13.7. The molecule has 0 bridgehead atoms. The Bertz CT molecular complexity index is 730. The Hall–Kier alpha value is -2.57. The summed E-state index contributed by atoms with van der Waals surface area (Å²) < 4.78 is 10.1. The van der Waals surface area contributed by atoms with E-state index in [4.69, 9.17) is 26.2 Å². The molecule has 0 unspecified atom stereocenters. The molecule has 2 N–H and O–H groups in total. The van der Waals surface area contributed by atoms with Crippen LogP contribution in [-0.2, 0) is 16.1 Å². The lowest BCUT2D eigenvalue weighted by molar-refractivity contribution is -0.119. The number of carbonyl (C=O) groups excluding carboxylic acids is 2. The number of amides is 1. The highest BCUT2D eigenvalue weighted by atomic mass is 35.5. The minimum atomic E-state index is -0.632. The number of aliphatic hydroxyl groups is 1. The molecule has 0 aromatic heterocycles. The molecule has 0 heterocycles. The maximum absolute atomic E-state index is 11.9. The minimum absolute atomic E-state index is 0.112. The van der Waals surface area contributed by atoms with E-state index in [1.54, 1.807) is 24.3 Å². The van der Waals surface area contributed by atoms with Gasteiger partial charge in [0.1, 0.15) is 5.75 Å². The second-order valence-electron chi connectivity index (χ2n) is 4.82. The highest BCUT2D eigenvalue weighted by Gasteiger charge is 2.12. The van der Waals surface area contributed by atoms with Gasteiger partial charge in [-0.2, -0.15) is 0 Å². The van der Waals surface area contributed by atoms with Gasteiger partial charge in [0.15, 0.2) is 6.61 Å². The van der Waals surface area contributed by atoms with Gasteiger partial charge in [0.05, 0.1) is 25.0 Å². The summed E-state index contributed by atoms with van der Waals surface area (Å²) in [5.41, 5.74) is 1.36. The SMILES string of the molecule is COc1ccc(Cl)cc1NC(=O)COC(=O)c1ccc(CO)cc1. The summed E-state index contributed by atoms with van der Waals surface area (Å²) in [7, 11) is 1.47. The number of nitrogens with one attached hydrogen (secondary N) is 1. The fraction of sp³-hybridized carbons (Fsp3) is 0.176. The first-order chi connectivity index (χ1) is 11.5. The average Bonchev–Trinajstić information content (AvgIpc) is 2.60. The highest BCUT2D eigenvalue weighted by Crippen LogP contribution is 2.27. The number of hydrogen-bond acceptors (Lipinski definition) is 5. The second kappa shape index (κ2) is 8.33. The molecule has 2 aromatic rings. The van der Waals surface area contributed by atoms with Crippen molar-refractivity contribution in [1.29, 1.82) is 0 Å². The van der Waals surface area contributed by atoms with Crippen molar-refractivity contribution in [1.82, 2.24) is 0 Å². The monoisotopic (exact) mass is 349 g/mol. The van der Waals surface area contributed by atoms with Crippen molar-refractivity contribution in [3.8, 4) is 5.75 Å². The van der Waals surface area contributed by atoms with Gasteiger partial charge in [0, 0.05) is 5.02 Å². The smallest absolute Gasteiger partial charge is 0.338 e. The molecule has 2 rings (SSSR count). The second-order valence-corrected chi connectivity index (χ2v) is 5.26. The molecule has 24 heavy (non-hydrogen) atoms. The van der Waals surface area contributed by atoms with Crippen LogP contribution in [0.5, 0.6) is 5.75 Å². The first-order valence-electron chi connectivity index (χ1n) is 7.04. The summed E-state index contributed by atoms with van der Waals surface area (Å²) in [5.74, 6) is -0.706. The quantitative estimate of drug-likeness (QED) is 0.783. The third-order valence-electron chi connectivity index (χ3n) is 3.14. The number of rotatable bonds is 6. The van der Waals surface area contributed by atoms with Gasteiger partial charge in [0.2, 0.25) is 0 Å². The normalized spacial score (nSPS) is 10.1. The van der Waals surface area contributed by atoms with Gasteiger partial charge in [-0.3, -0.25) is 4.79 Å². The van der Waals surface area contributed by atoms with Crippen molar-refractivity contribution in [2.75, 3.05) is 19.0 Å². The van der Waals surface area contributed by atoms with Crippen molar-refractivity contribution in [3.63, 3.8) is 0 Å². The van der Waals surface area contributed by atoms with Crippen LogP contribution in [0.25, 0.3) is 0 Å². The van der Waals surface area contributed by atoms with Crippen LogP contribution in [-0.4, -0.2) is 30.7 Å². The van der Waals surface area contributed by atoms with Crippen molar-refractivity contribution < 1.29 is 24.2 Å². The Balaban J connectivity index is 1.93. The fourth-order valence-corrected chi connectivity index (χ4v) is 2.10. The molecule has 0 saturated carbocycles. The van der Waals surface area contributed by atoms with Gasteiger partial charge in [-0.05, 0) is 35.9 Å². The number of methoxy groups -OCH3 is 1. The van der Waals surface area contributed by atoms with E-state index >= 15 is 0 Å². The fourth-order valence-electron chi connectivity index (χ4n) is 1.92. The van der Waals surface area contributed by atoms with Crippen LogP contribution in [0.1, 0.15) is 15.9 Å². The lowest BCUT2D eigenvalue weighted by Gasteiger charge is -2.11. The standard InChI is InChI=1S/C17H16ClNO5/c1-23-15-7-6-13(18)8-14(15)19-16(21)10-24-17(22)12-4-2-11(9-20)3-5-12/h2-8,20H,9-10H2,1H3,(H,19,21). The van der Waals surface area contributed by atoms with Gasteiger partial charge >= 0.3 is 5.97 Å². The van der Waals surface area contributed by atoms with Crippen LogP contribution >= 0.6 is 11.6 Å². The molecule has 0 radical (unpaired) electrons. The molecule has 2 aromatic carbocycles. The number of aliphatic hydroxyl groups excluding tert-OH is 1. The number of carbonyl (C=O) groups is 2. The maximum Gasteiger partial charge on any atom is 0.338 e. The zero-order chi connectivity index (χ0) is 17.5. The van der Waals surface area contributed by atoms with Crippen LogP contribution < -0.4 is 10.1 Å². The summed E-state index contributed by atoms with van der Waals surface area (Å²) in [6, 6.07) is 11.0. The van der Waals surface area contributed by atoms with E-state index in [0.29, 0.717) is 27.6 Å². The summed E-state index contributed by atoms with van der Waals surface area (Å²) >= 11 is 5.88. The van der Waals surface area contributed by atoms with Gasteiger partial charge in [-0.15, -0.1) is 0 Å². The van der Waals surface area contributed by atoms with E-state index < -0.39 is 18.5 Å². The number of benzene rings is 2. The van der Waals surface area contributed by atoms with Gasteiger partial charge in [0.25, 0.3) is 5.91 Å². The molecule has 0 saturated heterocycles. The molecule has 0 atom stereocenters. The molecule has 0 spiro atoms. The van der Waals surface area contributed by atoms with Crippen LogP contribution in [0.4, 0.5) is 5.69 Å². The highest BCUT2D eigenvalue weighted by molar-refractivity contribution is 6.31. The molecule has 0 aliphatic rings. The summed E-state index contributed by atoms with van der Waals surface area (Å²) in [4.78, 5) is 23.8. The average molecular weight is 350 g/mol. The van der Waals surface area contributed by atoms with Crippen molar-refractivity contribution in [2.45, 2.75) is 6.61 Å². The van der Waals surface area contributed by atoms with Crippen molar-refractivity contribution >= 4 is 29.2 Å². The van der Waals surface area contributed by atoms with E-state index in [0.717, 1.165) is 0 Å². The lowest BCUT2D eigenvalue weighted by Crippen LogP contribution is -2.21. The minimum Gasteiger partial charge on any atom is -0.495 e. The van der Waals surface area contributed by atoms with Gasteiger partial charge < -0.3 is 19.9 Å². The van der Waals surface area contributed by atoms with E-state index in [2.05, 4.69) is 5.32 Å². The molecule has 1 amide bonds. The molecule has 0 aliphatic carbocycles. The number of anilines is 1. The van der Waals surface area contributed by atoms with Gasteiger partial charge in [-0.25, -0.2) is 4.79 Å². The number of halogens is 1. The molecule has 7 heteroatoms. The van der Waals surface area contributed by atoms with E-state index in [-0.39, 0.29) is 6.61 Å². The third kappa shape index (κ3) is 4.71. The molecule has 126 valence electrons. The largest absolute Gasteiger partial charge is 0.495 e. The topological polar surface area (TPSA) is 84.9 Å². The zero-order valence-electron chi connectivity index (χ0n) is 12.9. The predicted molar refractivity (Wildman–Crippen MR) is 89.3 cm³/mol. The molecule has 0 aliphatic heterocycles. The Morgan fingerprint density at radius 2 is 1.88 bits per heavy atom. The number of ether oxygens (including phenoxy) is 2. The molecular formula is C17H16ClNO5. The van der Waals surface area contributed by atoms with E-state index in [1.807, 2.05) is 0 Å². The number of esters is 1. The summed E-state index contributed by atoms with van der Waals surface area (Å²) in [6.07, 6.45) is 0. The van der Waals surface area contributed by atoms with Crippen LogP contribution in [0.3, 0.4) is 0 Å².